The Labute approximate surface area is 155 Å². The second-order valence-electron chi connectivity index (χ2n) is 5.96. The Morgan fingerprint density at radius 3 is 2.54 bits per heavy atom. The molecule has 0 fully saturated rings. The fourth-order valence-electron chi connectivity index (χ4n) is 2.94. The number of benzene rings is 3. The molecule has 0 spiro atoms. The quantitative estimate of drug-likeness (QED) is 0.508. The summed E-state index contributed by atoms with van der Waals surface area (Å²) in [6.07, 6.45) is 0. The zero-order chi connectivity index (χ0) is 18.1. The predicted molar refractivity (Wildman–Crippen MR) is 104 cm³/mol. The highest BCUT2D eigenvalue weighted by molar-refractivity contribution is 6.33. The van der Waals surface area contributed by atoms with Gasteiger partial charge in [-0.2, -0.15) is 0 Å². The van der Waals surface area contributed by atoms with Gasteiger partial charge in [0.1, 0.15) is 17.0 Å². The molecule has 0 saturated heterocycles. The number of hydrogen-bond acceptors (Lipinski definition) is 3. The molecule has 0 aliphatic heterocycles. The van der Waals surface area contributed by atoms with Gasteiger partial charge in [-0.15, -0.1) is 0 Å². The highest BCUT2D eigenvalue weighted by atomic mass is 35.5. The summed E-state index contributed by atoms with van der Waals surface area (Å²) in [5.41, 5.74) is 2.19. The Morgan fingerprint density at radius 2 is 1.73 bits per heavy atom. The van der Waals surface area contributed by atoms with Crippen molar-refractivity contribution in [1.29, 1.82) is 0 Å². The number of aryl methyl sites for hydroxylation is 1. The van der Waals surface area contributed by atoms with Crippen molar-refractivity contribution < 1.29 is 9.32 Å². The van der Waals surface area contributed by atoms with Gasteiger partial charge < -0.3 is 9.84 Å². The van der Waals surface area contributed by atoms with E-state index in [1.165, 1.54) is 0 Å². The van der Waals surface area contributed by atoms with Gasteiger partial charge in [0.2, 0.25) is 0 Å². The summed E-state index contributed by atoms with van der Waals surface area (Å²) >= 11 is 6.26. The Balaban J connectivity index is 1.70. The first-order valence-corrected chi connectivity index (χ1v) is 8.52. The number of carbonyl (C=O) groups excluding carboxylic acids is 1. The largest absolute Gasteiger partial charge is 0.360 e. The topological polar surface area (TPSA) is 55.1 Å². The van der Waals surface area contributed by atoms with E-state index in [1.54, 1.807) is 13.0 Å². The van der Waals surface area contributed by atoms with Gasteiger partial charge >= 0.3 is 0 Å². The molecule has 26 heavy (non-hydrogen) atoms. The third-order valence-electron chi connectivity index (χ3n) is 4.23. The number of nitrogens with one attached hydrogen (secondary N) is 1. The van der Waals surface area contributed by atoms with Crippen LogP contribution in [0, 0.1) is 6.92 Å². The Hall–Kier alpha value is -3.11. The van der Waals surface area contributed by atoms with Crippen LogP contribution in [0.2, 0.25) is 5.02 Å². The van der Waals surface area contributed by atoms with E-state index in [9.17, 15) is 4.79 Å². The number of fused-ring (bicyclic) bond motifs is 1. The Bertz CT molecular complexity index is 1120. The normalized spacial score (nSPS) is 10.8. The summed E-state index contributed by atoms with van der Waals surface area (Å²) < 4.78 is 5.26. The second-order valence-corrected chi connectivity index (χ2v) is 6.37. The molecule has 4 rings (SSSR count). The zero-order valence-corrected chi connectivity index (χ0v) is 14.7. The van der Waals surface area contributed by atoms with Gasteiger partial charge in [-0.1, -0.05) is 65.3 Å². The molecule has 1 aromatic heterocycles. The number of rotatable bonds is 3. The molecule has 0 bridgehead atoms. The number of aromatic nitrogens is 1. The number of anilines is 1. The monoisotopic (exact) mass is 362 g/mol. The summed E-state index contributed by atoms with van der Waals surface area (Å²) in [5, 5.41) is 9.65. The molecule has 0 saturated carbocycles. The molecule has 128 valence electrons. The van der Waals surface area contributed by atoms with E-state index in [0.29, 0.717) is 33.3 Å². The van der Waals surface area contributed by atoms with E-state index in [0.717, 1.165) is 10.8 Å². The minimum atomic E-state index is -0.283. The van der Waals surface area contributed by atoms with Gasteiger partial charge in [0.15, 0.2) is 0 Å². The SMILES string of the molecule is Cc1onc(-c2ccccc2Cl)c1C(=O)Nc1ccc2ccccc2c1. The number of carbonyl (C=O) groups is 1. The van der Waals surface area contributed by atoms with E-state index in [2.05, 4.69) is 10.5 Å². The van der Waals surface area contributed by atoms with Crippen LogP contribution in [-0.2, 0) is 0 Å². The molecule has 1 heterocycles. The summed E-state index contributed by atoms with van der Waals surface area (Å²) in [5.74, 6) is 0.159. The van der Waals surface area contributed by atoms with Crippen molar-refractivity contribution in [2.75, 3.05) is 5.32 Å². The number of nitrogens with zero attached hydrogens (tertiary/aromatic N) is 1. The first kappa shape index (κ1) is 16.4. The van der Waals surface area contributed by atoms with Crippen molar-refractivity contribution in [2.45, 2.75) is 6.92 Å². The average Bonchev–Trinajstić information content (AvgIpc) is 3.03. The number of halogens is 1. The highest BCUT2D eigenvalue weighted by Crippen LogP contribution is 2.31. The van der Waals surface area contributed by atoms with Gasteiger partial charge in [-0.3, -0.25) is 4.79 Å². The van der Waals surface area contributed by atoms with Crippen molar-refractivity contribution in [3.8, 4) is 11.3 Å². The maximum Gasteiger partial charge on any atom is 0.261 e. The van der Waals surface area contributed by atoms with Crippen LogP contribution in [0.1, 0.15) is 16.1 Å². The molecule has 0 aliphatic rings. The molecule has 0 aliphatic carbocycles. The zero-order valence-electron chi connectivity index (χ0n) is 14.0. The van der Waals surface area contributed by atoms with E-state index < -0.39 is 0 Å². The van der Waals surface area contributed by atoms with Crippen LogP contribution >= 0.6 is 11.6 Å². The van der Waals surface area contributed by atoms with Crippen LogP contribution in [-0.4, -0.2) is 11.1 Å². The lowest BCUT2D eigenvalue weighted by Gasteiger charge is -2.08. The van der Waals surface area contributed by atoms with Gasteiger partial charge in [0.05, 0.1) is 5.02 Å². The molecule has 5 heteroatoms. The number of hydrogen-bond donors (Lipinski definition) is 1. The fourth-order valence-corrected chi connectivity index (χ4v) is 3.16. The summed E-state index contributed by atoms with van der Waals surface area (Å²) in [6, 6.07) is 21.0. The maximum atomic E-state index is 12.9. The standard InChI is InChI=1S/C21H15ClN2O2/c1-13-19(20(24-26-13)17-8-4-5-9-18(17)22)21(25)23-16-11-10-14-6-2-3-7-15(14)12-16/h2-12H,1H3,(H,23,25). The first-order chi connectivity index (χ1) is 12.6. The minimum Gasteiger partial charge on any atom is -0.360 e. The molecule has 3 aromatic carbocycles. The van der Waals surface area contributed by atoms with Crippen molar-refractivity contribution in [3.05, 3.63) is 83.1 Å². The Kier molecular flexibility index (Phi) is 4.19. The van der Waals surface area contributed by atoms with Crippen LogP contribution in [0.15, 0.2) is 71.3 Å². The Morgan fingerprint density at radius 1 is 1.00 bits per heavy atom. The molecule has 0 atom stereocenters. The molecule has 1 N–H and O–H groups in total. The first-order valence-electron chi connectivity index (χ1n) is 8.15. The second kappa shape index (κ2) is 6.65. The van der Waals surface area contributed by atoms with Gasteiger partial charge in [0.25, 0.3) is 5.91 Å². The maximum absolute atomic E-state index is 12.9. The predicted octanol–water partition coefficient (Wildman–Crippen LogP) is 5.71. The van der Waals surface area contributed by atoms with E-state index in [1.807, 2.05) is 60.7 Å². The third-order valence-corrected chi connectivity index (χ3v) is 4.56. The van der Waals surface area contributed by atoms with Crippen LogP contribution in [0.3, 0.4) is 0 Å². The minimum absolute atomic E-state index is 0.283. The van der Waals surface area contributed by atoms with Gasteiger partial charge in [0, 0.05) is 11.3 Å². The average molecular weight is 363 g/mol. The molecule has 1 amide bonds. The summed E-state index contributed by atoms with van der Waals surface area (Å²) in [4.78, 5) is 12.9. The third kappa shape index (κ3) is 2.95. The van der Waals surface area contributed by atoms with Crippen molar-refractivity contribution in [1.82, 2.24) is 5.16 Å². The van der Waals surface area contributed by atoms with Crippen LogP contribution < -0.4 is 5.32 Å². The van der Waals surface area contributed by atoms with Gasteiger partial charge in [-0.25, -0.2) is 0 Å². The van der Waals surface area contributed by atoms with Crippen LogP contribution in [0.4, 0.5) is 5.69 Å². The molecule has 0 radical (unpaired) electrons. The lowest BCUT2D eigenvalue weighted by Crippen LogP contribution is -2.13. The summed E-state index contributed by atoms with van der Waals surface area (Å²) in [6.45, 7) is 1.71. The van der Waals surface area contributed by atoms with Crippen molar-refractivity contribution >= 4 is 34.0 Å². The lowest BCUT2D eigenvalue weighted by molar-refractivity contribution is 0.102. The molecule has 0 unspecified atom stereocenters. The lowest BCUT2D eigenvalue weighted by atomic mass is 10.1. The van der Waals surface area contributed by atoms with Crippen LogP contribution in [0.25, 0.3) is 22.0 Å². The fraction of sp³-hybridized carbons (Fsp3) is 0.0476. The van der Waals surface area contributed by atoms with Crippen molar-refractivity contribution in [3.63, 3.8) is 0 Å². The molecular weight excluding hydrogens is 348 g/mol. The van der Waals surface area contributed by atoms with Crippen molar-refractivity contribution in [2.24, 2.45) is 0 Å². The smallest absolute Gasteiger partial charge is 0.261 e. The molecule has 4 aromatic rings. The highest BCUT2D eigenvalue weighted by Gasteiger charge is 2.23. The van der Waals surface area contributed by atoms with E-state index >= 15 is 0 Å². The molecular formula is C21H15ClN2O2. The molecule has 4 nitrogen and oxygen atoms in total. The van der Waals surface area contributed by atoms with Crippen LogP contribution in [0.5, 0.6) is 0 Å². The van der Waals surface area contributed by atoms with E-state index in [-0.39, 0.29) is 5.91 Å². The van der Waals surface area contributed by atoms with Gasteiger partial charge in [-0.05, 0) is 35.9 Å². The van der Waals surface area contributed by atoms with E-state index in [4.69, 9.17) is 16.1 Å². The number of amides is 1. The summed E-state index contributed by atoms with van der Waals surface area (Å²) in [7, 11) is 0.